The molecule has 1 aliphatic rings. The first-order valence-electron chi connectivity index (χ1n) is 5.25. The van der Waals surface area contributed by atoms with E-state index >= 15 is 0 Å². The monoisotopic (exact) mass is 294 g/mol. The van der Waals surface area contributed by atoms with E-state index in [-0.39, 0.29) is 5.78 Å². The molecule has 0 unspecified atom stereocenters. The standard InChI is InChI=1S/C13H8BrFO2/c14-9-3-1-2-7-12(9)10(15)6-8-11(16)4-5-17-13(7)8/h1-3,6H,4-5H2. The summed E-state index contributed by atoms with van der Waals surface area (Å²) in [5.74, 6) is 0.0380. The fourth-order valence-electron chi connectivity index (χ4n) is 2.11. The van der Waals surface area contributed by atoms with Crippen LogP contribution >= 0.6 is 15.9 Å². The van der Waals surface area contributed by atoms with Crippen LogP contribution in [0.3, 0.4) is 0 Å². The van der Waals surface area contributed by atoms with Crippen LogP contribution in [0.5, 0.6) is 5.75 Å². The van der Waals surface area contributed by atoms with E-state index in [9.17, 15) is 9.18 Å². The minimum absolute atomic E-state index is 0.0629. The topological polar surface area (TPSA) is 26.3 Å². The second-order valence-corrected chi connectivity index (χ2v) is 4.77. The van der Waals surface area contributed by atoms with Gasteiger partial charge in [0, 0.05) is 21.7 Å². The zero-order chi connectivity index (χ0) is 12.0. The van der Waals surface area contributed by atoms with Crippen molar-refractivity contribution in [3.63, 3.8) is 0 Å². The average Bonchev–Trinajstić information content (AvgIpc) is 2.31. The van der Waals surface area contributed by atoms with Crippen LogP contribution in [0.15, 0.2) is 28.7 Å². The molecule has 0 radical (unpaired) electrons. The number of benzene rings is 2. The molecule has 0 bridgehead atoms. The molecule has 0 saturated heterocycles. The summed E-state index contributed by atoms with van der Waals surface area (Å²) < 4.78 is 20.1. The molecule has 86 valence electrons. The highest BCUT2D eigenvalue weighted by Gasteiger charge is 2.23. The van der Waals surface area contributed by atoms with Crippen LogP contribution in [0.2, 0.25) is 0 Å². The fourth-order valence-corrected chi connectivity index (χ4v) is 2.66. The molecule has 0 aromatic heterocycles. The molecule has 1 heterocycles. The third-order valence-electron chi connectivity index (χ3n) is 2.89. The number of rotatable bonds is 0. The summed E-state index contributed by atoms with van der Waals surface area (Å²) in [4.78, 5) is 11.7. The second kappa shape index (κ2) is 3.81. The lowest BCUT2D eigenvalue weighted by Gasteiger charge is -2.19. The summed E-state index contributed by atoms with van der Waals surface area (Å²) in [7, 11) is 0. The molecule has 4 heteroatoms. The van der Waals surface area contributed by atoms with Gasteiger partial charge in [-0.15, -0.1) is 0 Å². The number of carbonyl (C=O) groups excluding carboxylic acids is 1. The zero-order valence-corrected chi connectivity index (χ0v) is 10.4. The molecule has 1 aliphatic heterocycles. The van der Waals surface area contributed by atoms with E-state index < -0.39 is 5.82 Å². The van der Waals surface area contributed by atoms with Gasteiger partial charge >= 0.3 is 0 Å². The first kappa shape index (κ1) is 10.7. The van der Waals surface area contributed by atoms with Gasteiger partial charge in [-0.1, -0.05) is 28.1 Å². The maximum Gasteiger partial charge on any atom is 0.170 e. The highest BCUT2D eigenvalue weighted by molar-refractivity contribution is 9.10. The molecule has 0 fully saturated rings. The molecule has 0 aliphatic carbocycles. The van der Waals surface area contributed by atoms with Crippen molar-refractivity contribution in [2.45, 2.75) is 6.42 Å². The molecule has 2 aromatic carbocycles. The lowest BCUT2D eigenvalue weighted by Crippen LogP contribution is -2.16. The van der Waals surface area contributed by atoms with Crippen LogP contribution in [-0.2, 0) is 0 Å². The maximum atomic E-state index is 14.0. The van der Waals surface area contributed by atoms with E-state index in [0.29, 0.717) is 39.6 Å². The summed E-state index contributed by atoms with van der Waals surface area (Å²) in [6.45, 7) is 0.360. The summed E-state index contributed by atoms with van der Waals surface area (Å²) in [5.41, 5.74) is 0.347. The van der Waals surface area contributed by atoms with Crippen molar-refractivity contribution in [2.75, 3.05) is 6.61 Å². The number of Topliss-reactive ketones (excluding diaryl/α,β-unsaturated/α-hetero) is 1. The van der Waals surface area contributed by atoms with Crippen LogP contribution in [-0.4, -0.2) is 12.4 Å². The average molecular weight is 295 g/mol. The summed E-state index contributed by atoms with van der Waals surface area (Å²) in [6.07, 6.45) is 0.311. The van der Waals surface area contributed by atoms with E-state index in [0.717, 1.165) is 0 Å². The Labute approximate surface area is 106 Å². The number of ketones is 1. The SMILES string of the molecule is O=C1CCOc2c1cc(F)c1c(Br)cccc21. The number of hydrogen-bond acceptors (Lipinski definition) is 2. The van der Waals surface area contributed by atoms with Gasteiger partial charge in [0.2, 0.25) is 0 Å². The molecule has 0 saturated carbocycles. The first-order valence-corrected chi connectivity index (χ1v) is 6.04. The predicted molar refractivity (Wildman–Crippen MR) is 66.0 cm³/mol. The summed E-state index contributed by atoms with van der Waals surface area (Å²) >= 11 is 3.31. The van der Waals surface area contributed by atoms with E-state index in [2.05, 4.69) is 15.9 Å². The van der Waals surface area contributed by atoms with Crippen LogP contribution in [0.25, 0.3) is 10.8 Å². The van der Waals surface area contributed by atoms with Gasteiger partial charge in [0.25, 0.3) is 0 Å². The van der Waals surface area contributed by atoms with Gasteiger partial charge in [0.1, 0.15) is 11.6 Å². The molecular weight excluding hydrogens is 287 g/mol. The number of fused-ring (bicyclic) bond motifs is 3. The smallest absolute Gasteiger partial charge is 0.170 e. The van der Waals surface area contributed by atoms with E-state index in [1.165, 1.54) is 6.07 Å². The Morgan fingerprint density at radius 2 is 2.18 bits per heavy atom. The molecule has 0 atom stereocenters. The molecule has 2 aromatic rings. The van der Waals surface area contributed by atoms with Crippen molar-refractivity contribution in [1.82, 2.24) is 0 Å². The van der Waals surface area contributed by atoms with Crippen molar-refractivity contribution in [2.24, 2.45) is 0 Å². The Balaban J connectivity index is 2.46. The Kier molecular flexibility index (Phi) is 2.40. The van der Waals surface area contributed by atoms with Crippen molar-refractivity contribution in [3.05, 3.63) is 40.1 Å². The van der Waals surface area contributed by atoms with Crippen molar-refractivity contribution >= 4 is 32.5 Å². The molecule has 17 heavy (non-hydrogen) atoms. The van der Waals surface area contributed by atoms with Crippen LogP contribution < -0.4 is 4.74 Å². The Hall–Kier alpha value is -1.42. The van der Waals surface area contributed by atoms with Crippen molar-refractivity contribution < 1.29 is 13.9 Å². The maximum absolute atomic E-state index is 14.0. The van der Waals surface area contributed by atoms with Gasteiger partial charge in [0.05, 0.1) is 12.2 Å². The lowest BCUT2D eigenvalue weighted by atomic mass is 9.99. The lowest BCUT2D eigenvalue weighted by molar-refractivity contribution is 0.0934. The largest absolute Gasteiger partial charge is 0.492 e. The fraction of sp³-hybridized carbons (Fsp3) is 0.154. The van der Waals surface area contributed by atoms with E-state index in [4.69, 9.17) is 4.74 Å². The van der Waals surface area contributed by atoms with Crippen LogP contribution in [0, 0.1) is 5.82 Å². The van der Waals surface area contributed by atoms with Gasteiger partial charge < -0.3 is 4.74 Å². The van der Waals surface area contributed by atoms with Gasteiger partial charge in [-0.3, -0.25) is 4.79 Å². The minimum atomic E-state index is -0.398. The summed E-state index contributed by atoms with van der Waals surface area (Å²) in [6, 6.07) is 6.60. The van der Waals surface area contributed by atoms with Gasteiger partial charge in [-0.05, 0) is 12.1 Å². The first-order chi connectivity index (χ1) is 8.18. The Bertz CT molecular complexity index is 637. The molecule has 0 spiro atoms. The van der Waals surface area contributed by atoms with E-state index in [1.54, 1.807) is 18.2 Å². The van der Waals surface area contributed by atoms with Crippen molar-refractivity contribution in [1.29, 1.82) is 0 Å². The highest BCUT2D eigenvalue weighted by atomic mass is 79.9. The number of ether oxygens (including phenoxy) is 1. The normalized spacial score (nSPS) is 14.6. The minimum Gasteiger partial charge on any atom is -0.492 e. The molecule has 2 nitrogen and oxygen atoms in total. The molecular formula is C13H8BrFO2. The van der Waals surface area contributed by atoms with Crippen LogP contribution in [0.1, 0.15) is 16.8 Å². The molecule has 0 amide bonds. The third-order valence-corrected chi connectivity index (χ3v) is 3.55. The predicted octanol–water partition coefficient (Wildman–Crippen LogP) is 3.71. The second-order valence-electron chi connectivity index (χ2n) is 3.92. The Morgan fingerprint density at radius 1 is 1.35 bits per heavy atom. The van der Waals surface area contributed by atoms with Crippen LogP contribution in [0.4, 0.5) is 4.39 Å². The molecule has 3 rings (SSSR count). The number of halogens is 2. The van der Waals surface area contributed by atoms with E-state index in [1.807, 2.05) is 0 Å². The van der Waals surface area contributed by atoms with Crippen molar-refractivity contribution in [3.8, 4) is 5.75 Å². The zero-order valence-electron chi connectivity index (χ0n) is 8.80. The van der Waals surface area contributed by atoms with Gasteiger partial charge in [-0.2, -0.15) is 0 Å². The highest BCUT2D eigenvalue weighted by Crippen LogP contribution is 2.38. The number of hydrogen-bond donors (Lipinski definition) is 0. The number of carbonyl (C=O) groups is 1. The third kappa shape index (κ3) is 1.55. The Morgan fingerprint density at radius 3 is 3.00 bits per heavy atom. The van der Waals surface area contributed by atoms with Gasteiger partial charge in [-0.25, -0.2) is 4.39 Å². The van der Waals surface area contributed by atoms with Gasteiger partial charge in [0.15, 0.2) is 5.78 Å². The molecule has 0 N–H and O–H groups in total. The quantitative estimate of drug-likeness (QED) is 0.740. The summed E-state index contributed by atoms with van der Waals surface area (Å²) in [5, 5.41) is 1.10.